The fourth-order valence-electron chi connectivity index (χ4n) is 2.98. The summed E-state index contributed by atoms with van der Waals surface area (Å²) in [6.07, 6.45) is 1.76. The van der Waals surface area contributed by atoms with Crippen LogP contribution in [0.4, 0.5) is 28.7 Å². The van der Waals surface area contributed by atoms with Gasteiger partial charge in [-0.05, 0) is 37.9 Å². The van der Waals surface area contributed by atoms with Gasteiger partial charge in [-0.2, -0.15) is 15.0 Å². The monoisotopic (exact) mass is 514 g/mol. The lowest BCUT2D eigenvalue weighted by atomic mass is 10.2. The minimum Gasteiger partial charge on any atom is -0.353 e. The molecule has 3 N–H and O–H groups in total. The van der Waals surface area contributed by atoms with Crippen molar-refractivity contribution in [1.29, 1.82) is 0 Å². The number of halogens is 2. The highest BCUT2D eigenvalue weighted by atomic mass is 35.5. The second kappa shape index (κ2) is 11.4. The summed E-state index contributed by atoms with van der Waals surface area (Å²) in [7, 11) is 2.07. The number of nitrogens with one attached hydrogen (secondary N) is 3. The van der Waals surface area contributed by atoms with Gasteiger partial charge in [0.05, 0.1) is 9.90 Å². The maximum absolute atomic E-state index is 6.35. The second-order valence-electron chi connectivity index (χ2n) is 7.40. The largest absolute Gasteiger partial charge is 0.353 e. The molecule has 11 heteroatoms. The van der Waals surface area contributed by atoms with Gasteiger partial charge in [-0.25, -0.2) is 4.98 Å². The third kappa shape index (κ3) is 6.54. The Morgan fingerprint density at radius 3 is 2.41 bits per heavy atom. The van der Waals surface area contributed by atoms with Gasteiger partial charge >= 0.3 is 0 Å². The number of anilines is 5. The van der Waals surface area contributed by atoms with Crippen LogP contribution in [0.15, 0.2) is 54.7 Å². The standard InChI is InChI=1S/C23H24Cl2N8S/c1-3-33(2)12-11-26-20-29-21(28-16-7-5-4-6-8-16)31-22(30-20)32-23-27-14-19(34-23)17-10-9-15(24)13-18(17)25/h4-10,13-14H,3,11-12H2,1-2H3,(H3,26,27,28,29,30,31,32). The molecule has 0 atom stereocenters. The molecule has 4 rings (SSSR count). The summed E-state index contributed by atoms with van der Waals surface area (Å²) in [5.41, 5.74) is 1.74. The van der Waals surface area contributed by atoms with Crippen molar-refractivity contribution in [3.05, 3.63) is 64.8 Å². The Morgan fingerprint density at radius 2 is 1.68 bits per heavy atom. The summed E-state index contributed by atoms with van der Waals surface area (Å²) in [5.74, 6) is 1.27. The Kier molecular flexibility index (Phi) is 8.12. The van der Waals surface area contributed by atoms with Crippen molar-refractivity contribution in [2.45, 2.75) is 6.92 Å². The minimum absolute atomic E-state index is 0.378. The third-order valence-corrected chi connectivity index (χ3v) is 6.40. The lowest BCUT2D eigenvalue weighted by Crippen LogP contribution is -2.25. The SMILES string of the molecule is CCN(C)CCNc1nc(Nc2ccccc2)nc(Nc2ncc(-c3ccc(Cl)cc3Cl)s2)n1. The maximum atomic E-state index is 6.35. The molecule has 0 aliphatic heterocycles. The minimum atomic E-state index is 0.378. The molecule has 0 aliphatic rings. The Morgan fingerprint density at radius 1 is 0.941 bits per heavy atom. The van der Waals surface area contributed by atoms with Crippen molar-refractivity contribution >= 4 is 63.2 Å². The highest BCUT2D eigenvalue weighted by molar-refractivity contribution is 7.19. The van der Waals surface area contributed by atoms with E-state index in [1.807, 2.05) is 36.4 Å². The molecule has 0 spiro atoms. The van der Waals surface area contributed by atoms with Crippen LogP contribution in [0.3, 0.4) is 0 Å². The van der Waals surface area contributed by atoms with E-state index in [2.05, 4.69) is 54.8 Å². The number of hydrogen-bond acceptors (Lipinski definition) is 9. The van der Waals surface area contributed by atoms with Gasteiger partial charge in [0.15, 0.2) is 5.13 Å². The second-order valence-corrected chi connectivity index (χ2v) is 9.27. The molecule has 4 aromatic rings. The van der Waals surface area contributed by atoms with Gasteiger partial charge in [0, 0.05) is 35.6 Å². The van der Waals surface area contributed by atoms with Gasteiger partial charge in [-0.3, -0.25) is 5.32 Å². The molecule has 2 aromatic carbocycles. The molecule has 0 aliphatic carbocycles. The Bertz CT molecular complexity index is 1230. The molecule has 0 saturated carbocycles. The molecule has 34 heavy (non-hydrogen) atoms. The molecule has 2 aromatic heterocycles. The van der Waals surface area contributed by atoms with Gasteiger partial charge < -0.3 is 15.5 Å². The quantitative estimate of drug-likeness (QED) is 0.232. The molecule has 2 heterocycles. The van der Waals surface area contributed by atoms with Crippen LogP contribution in [-0.2, 0) is 0 Å². The topological polar surface area (TPSA) is 90.9 Å². The number of benzene rings is 2. The predicted molar refractivity (Wildman–Crippen MR) is 142 cm³/mol. The molecule has 0 fully saturated rings. The summed E-state index contributed by atoms with van der Waals surface area (Å²) in [6.45, 7) is 4.65. The fourth-order valence-corrected chi connectivity index (χ4v) is 4.39. The van der Waals surface area contributed by atoms with Crippen LogP contribution in [0.25, 0.3) is 10.4 Å². The van der Waals surface area contributed by atoms with E-state index in [0.29, 0.717) is 39.6 Å². The van der Waals surface area contributed by atoms with Crippen LogP contribution in [-0.4, -0.2) is 51.5 Å². The van der Waals surface area contributed by atoms with Crippen molar-refractivity contribution < 1.29 is 0 Å². The van der Waals surface area contributed by atoms with E-state index < -0.39 is 0 Å². The number of rotatable bonds is 10. The van der Waals surface area contributed by atoms with E-state index in [1.165, 1.54) is 11.3 Å². The summed E-state index contributed by atoms with van der Waals surface area (Å²) in [5, 5.41) is 11.5. The highest BCUT2D eigenvalue weighted by Crippen LogP contribution is 2.36. The highest BCUT2D eigenvalue weighted by Gasteiger charge is 2.12. The van der Waals surface area contributed by atoms with Crippen LogP contribution < -0.4 is 16.0 Å². The number of nitrogens with zero attached hydrogens (tertiary/aromatic N) is 5. The van der Waals surface area contributed by atoms with Gasteiger partial charge in [0.1, 0.15) is 0 Å². The van der Waals surface area contributed by atoms with E-state index in [-0.39, 0.29) is 0 Å². The average Bonchev–Trinajstić information content (AvgIpc) is 3.27. The van der Waals surface area contributed by atoms with Crippen molar-refractivity contribution in [2.75, 3.05) is 42.6 Å². The first-order chi connectivity index (χ1) is 16.5. The predicted octanol–water partition coefficient (Wildman–Crippen LogP) is 6.15. The first kappa shape index (κ1) is 24.2. The van der Waals surface area contributed by atoms with Crippen LogP contribution >= 0.6 is 34.5 Å². The van der Waals surface area contributed by atoms with Crippen LogP contribution in [0, 0.1) is 0 Å². The smallest absolute Gasteiger partial charge is 0.235 e. The van der Waals surface area contributed by atoms with Gasteiger partial charge in [0.2, 0.25) is 17.8 Å². The number of aromatic nitrogens is 4. The van der Waals surface area contributed by atoms with E-state index >= 15 is 0 Å². The van der Waals surface area contributed by atoms with Gasteiger partial charge in [0.25, 0.3) is 0 Å². The number of hydrogen-bond donors (Lipinski definition) is 3. The molecule has 0 radical (unpaired) electrons. The summed E-state index contributed by atoms with van der Waals surface area (Å²) in [4.78, 5) is 21.1. The Labute approximate surface area is 212 Å². The molecule has 176 valence electrons. The lowest BCUT2D eigenvalue weighted by Gasteiger charge is -2.14. The summed E-state index contributed by atoms with van der Waals surface area (Å²) in [6, 6.07) is 15.1. The van der Waals surface area contributed by atoms with Crippen LogP contribution in [0.2, 0.25) is 10.0 Å². The third-order valence-electron chi connectivity index (χ3n) is 4.90. The molecule has 0 unspecified atom stereocenters. The van der Waals surface area contributed by atoms with Crippen molar-refractivity contribution in [3.63, 3.8) is 0 Å². The van der Waals surface area contributed by atoms with Gasteiger partial charge in [-0.15, -0.1) is 0 Å². The number of para-hydroxylation sites is 1. The first-order valence-corrected chi connectivity index (χ1v) is 12.3. The zero-order valence-corrected chi connectivity index (χ0v) is 21.0. The Hall–Kier alpha value is -2.98. The molecule has 0 saturated heterocycles. The number of likely N-dealkylation sites (N-methyl/N-ethyl adjacent to an activating group) is 1. The zero-order valence-electron chi connectivity index (χ0n) is 18.7. The summed E-state index contributed by atoms with van der Waals surface area (Å²) >= 11 is 13.8. The van der Waals surface area contributed by atoms with E-state index in [9.17, 15) is 0 Å². The fraction of sp³-hybridized carbons (Fsp3) is 0.217. The average molecular weight is 515 g/mol. The maximum Gasteiger partial charge on any atom is 0.235 e. The Balaban J connectivity index is 1.55. The lowest BCUT2D eigenvalue weighted by molar-refractivity contribution is 0.367. The van der Waals surface area contributed by atoms with Crippen LogP contribution in [0.1, 0.15) is 6.92 Å². The molecule has 0 bridgehead atoms. The molecule has 0 amide bonds. The van der Waals surface area contributed by atoms with Crippen LogP contribution in [0.5, 0.6) is 0 Å². The molecule has 8 nitrogen and oxygen atoms in total. The zero-order chi connectivity index (χ0) is 23.9. The summed E-state index contributed by atoms with van der Waals surface area (Å²) < 4.78 is 0. The van der Waals surface area contributed by atoms with Gasteiger partial charge in [-0.1, -0.05) is 65.7 Å². The van der Waals surface area contributed by atoms with E-state index in [0.717, 1.165) is 29.2 Å². The normalized spacial score (nSPS) is 11.0. The van der Waals surface area contributed by atoms with Crippen molar-refractivity contribution in [3.8, 4) is 10.4 Å². The van der Waals surface area contributed by atoms with E-state index in [4.69, 9.17) is 23.2 Å². The van der Waals surface area contributed by atoms with E-state index in [1.54, 1.807) is 18.3 Å². The number of thiazole rings is 1. The first-order valence-electron chi connectivity index (χ1n) is 10.7. The molecular formula is C23H24Cl2N8S. The van der Waals surface area contributed by atoms with Crippen molar-refractivity contribution in [1.82, 2.24) is 24.8 Å². The van der Waals surface area contributed by atoms with Crippen molar-refractivity contribution in [2.24, 2.45) is 0 Å². The molecular weight excluding hydrogens is 491 g/mol.